The summed E-state index contributed by atoms with van der Waals surface area (Å²) in [4.78, 5) is 2.52. The maximum absolute atomic E-state index is 4.24. The van der Waals surface area contributed by atoms with Crippen molar-refractivity contribution in [2.75, 3.05) is 24.7 Å². The number of piperidine rings is 1. The minimum atomic E-state index is 0.491. The van der Waals surface area contributed by atoms with Crippen LogP contribution in [0, 0.1) is 0 Å². The number of aromatic nitrogens is 2. The highest BCUT2D eigenvalue weighted by Crippen LogP contribution is 2.19. The molecule has 122 valence electrons. The standard InChI is InChI=1S/C17H21BrN4S/c1-23-17-7-6-16(20-21-17)19-15-8-10-22(11-9-15)12-13-2-4-14(18)5-3-13/h2-7,15H,8-12H2,1H3,(H,19,20). The van der Waals surface area contributed by atoms with Gasteiger partial charge >= 0.3 is 0 Å². The van der Waals surface area contributed by atoms with Crippen LogP contribution in [0.5, 0.6) is 0 Å². The summed E-state index contributed by atoms with van der Waals surface area (Å²) in [6.45, 7) is 3.26. The highest BCUT2D eigenvalue weighted by molar-refractivity contribution is 9.10. The fourth-order valence-electron chi connectivity index (χ4n) is 2.80. The van der Waals surface area contributed by atoms with Gasteiger partial charge in [-0.25, -0.2) is 0 Å². The predicted molar refractivity (Wildman–Crippen MR) is 99.9 cm³/mol. The molecule has 0 radical (unpaired) electrons. The van der Waals surface area contributed by atoms with Gasteiger partial charge in [0.05, 0.1) is 0 Å². The second-order valence-electron chi connectivity index (χ2n) is 5.78. The van der Waals surface area contributed by atoms with Gasteiger partial charge in [-0.15, -0.1) is 22.0 Å². The minimum absolute atomic E-state index is 0.491. The van der Waals surface area contributed by atoms with E-state index in [0.29, 0.717) is 6.04 Å². The molecular weight excluding hydrogens is 372 g/mol. The van der Waals surface area contributed by atoms with Gasteiger partial charge in [-0.05, 0) is 48.9 Å². The molecule has 1 aliphatic rings. The van der Waals surface area contributed by atoms with Crippen molar-refractivity contribution in [3.8, 4) is 0 Å². The Bertz CT molecular complexity index is 609. The molecule has 2 heterocycles. The Morgan fingerprint density at radius 1 is 1.13 bits per heavy atom. The summed E-state index contributed by atoms with van der Waals surface area (Å²) in [7, 11) is 0. The van der Waals surface area contributed by atoms with Crippen LogP contribution in [0.2, 0.25) is 0 Å². The molecule has 6 heteroatoms. The molecule has 4 nitrogen and oxygen atoms in total. The van der Waals surface area contributed by atoms with Gasteiger partial charge in [0.15, 0.2) is 0 Å². The Kier molecular flexibility index (Phi) is 5.91. The molecule has 1 aromatic carbocycles. The minimum Gasteiger partial charge on any atom is -0.366 e. The van der Waals surface area contributed by atoms with Crippen molar-refractivity contribution in [2.24, 2.45) is 0 Å². The first-order valence-corrected chi connectivity index (χ1v) is 9.86. The van der Waals surface area contributed by atoms with Crippen LogP contribution >= 0.6 is 27.7 Å². The zero-order valence-corrected chi connectivity index (χ0v) is 15.6. The summed E-state index contributed by atoms with van der Waals surface area (Å²) >= 11 is 5.10. The smallest absolute Gasteiger partial charge is 0.148 e. The lowest BCUT2D eigenvalue weighted by molar-refractivity contribution is 0.211. The maximum Gasteiger partial charge on any atom is 0.148 e. The molecule has 0 saturated carbocycles. The van der Waals surface area contributed by atoms with Crippen molar-refractivity contribution in [2.45, 2.75) is 30.5 Å². The summed E-state index contributed by atoms with van der Waals surface area (Å²) in [5.41, 5.74) is 1.37. The summed E-state index contributed by atoms with van der Waals surface area (Å²) in [5, 5.41) is 12.9. The van der Waals surface area contributed by atoms with Crippen LogP contribution in [0.25, 0.3) is 0 Å². The van der Waals surface area contributed by atoms with Gasteiger partial charge in [0, 0.05) is 30.1 Å². The van der Waals surface area contributed by atoms with Crippen LogP contribution in [0.4, 0.5) is 5.82 Å². The van der Waals surface area contributed by atoms with E-state index in [4.69, 9.17) is 0 Å². The number of thioether (sulfide) groups is 1. The Balaban J connectivity index is 1.47. The number of likely N-dealkylation sites (tertiary alicyclic amines) is 1. The highest BCUT2D eigenvalue weighted by Gasteiger charge is 2.19. The largest absolute Gasteiger partial charge is 0.366 e. The zero-order valence-electron chi connectivity index (χ0n) is 13.2. The number of rotatable bonds is 5. The molecule has 1 aromatic heterocycles. The van der Waals surface area contributed by atoms with E-state index >= 15 is 0 Å². The lowest BCUT2D eigenvalue weighted by atomic mass is 10.0. The number of benzene rings is 1. The van der Waals surface area contributed by atoms with Gasteiger partial charge < -0.3 is 5.32 Å². The van der Waals surface area contributed by atoms with E-state index in [1.54, 1.807) is 11.8 Å². The van der Waals surface area contributed by atoms with E-state index in [1.165, 1.54) is 5.56 Å². The first kappa shape index (κ1) is 16.7. The van der Waals surface area contributed by atoms with Crippen molar-refractivity contribution in [3.63, 3.8) is 0 Å². The Morgan fingerprint density at radius 3 is 2.48 bits per heavy atom. The SMILES string of the molecule is CSc1ccc(NC2CCN(Cc3ccc(Br)cc3)CC2)nn1. The van der Waals surface area contributed by atoms with E-state index in [0.717, 1.165) is 47.8 Å². The van der Waals surface area contributed by atoms with E-state index < -0.39 is 0 Å². The predicted octanol–water partition coefficient (Wildman–Crippen LogP) is 4.04. The topological polar surface area (TPSA) is 41.0 Å². The number of hydrogen-bond donors (Lipinski definition) is 1. The number of hydrogen-bond acceptors (Lipinski definition) is 5. The van der Waals surface area contributed by atoms with Gasteiger partial charge in [-0.2, -0.15) is 0 Å². The van der Waals surface area contributed by atoms with Crippen molar-refractivity contribution in [1.29, 1.82) is 0 Å². The first-order chi connectivity index (χ1) is 11.2. The van der Waals surface area contributed by atoms with Gasteiger partial charge in [0.25, 0.3) is 0 Å². The van der Waals surface area contributed by atoms with Crippen molar-refractivity contribution >= 4 is 33.5 Å². The van der Waals surface area contributed by atoms with Crippen molar-refractivity contribution in [3.05, 3.63) is 46.4 Å². The number of nitrogens with zero attached hydrogens (tertiary/aromatic N) is 3. The molecule has 0 unspecified atom stereocenters. The summed E-state index contributed by atoms with van der Waals surface area (Å²) in [6.07, 6.45) is 4.29. The van der Waals surface area contributed by atoms with Crippen molar-refractivity contribution < 1.29 is 0 Å². The number of halogens is 1. The van der Waals surface area contributed by atoms with E-state index in [9.17, 15) is 0 Å². The molecule has 2 aromatic rings. The third-order valence-electron chi connectivity index (χ3n) is 4.11. The van der Waals surface area contributed by atoms with Gasteiger partial charge in [-0.3, -0.25) is 4.90 Å². The fourth-order valence-corrected chi connectivity index (χ4v) is 3.39. The van der Waals surface area contributed by atoms with Crippen molar-refractivity contribution in [1.82, 2.24) is 15.1 Å². The summed E-state index contributed by atoms with van der Waals surface area (Å²) < 4.78 is 1.14. The average molecular weight is 393 g/mol. The van der Waals surface area contributed by atoms with E-state index in [1.807, 2.05) is 18.4 Å². The molecule has 1 N–H and O–H groups in total. The molecule has 1 saturated heterocycles. The molecular formula is C17H21BrN4S. The average Bonchev–Trinajstić information content (AvgIpc) is 2.59. The Hall–Kier alpha value is -1.11. The third kappa shape index (κ3) is 4.93. The lowest BCUT2D eigenvalue weighted by Gasteiger charge is -2.32. The molecule has 0 amide bonds. The van der Waals surface area contributed by atoms with Crippen LogP contribution in [-0.2, 0) is 6.54 Å². The fraction of sp³-hybridized carbons (Fsp3) is 0.412. The Labute approximate surface area is 150 Å². The molecule has 0 bridgehead atoms. The second kappa shape index (κ2) is 8.13. The molecule has 1 fully saturated rings. The zero-order chi connectivity index (χ0) is 16.1. The molecule has 1 aliphatic heterocycles. The number of nitrogens with one attached hydrogen (secondary N) is 1. The van der Waals surface area contributed by atoms with Crippen LogP contribution < -0.4 is 5.32 Å². The number of anilines is 1. The molecule has 3 rings (SSSR count). The van der Waals surface area contributed by atoms with Crippen LogP contribution in [0.3, 0.4) is 0 Å². The summed E-state index contributed by atoms with van der Waals surface area (Å²) in [6, 6.07) is 13.1. The van der Waals surface area contributed by atoms with Gasteiger partial charge in [0.1, 0.15) is 10.8 Å². The lowest BCUT2D eigenvalue weighted by Crippen LogP contribution is -2.38. The second-order valence-corrected chi connectivity index (χ2v) is 7.52. The molecule has 23 heavy (non-hydrogen) atoms. The van der Waals surface area contributed by atoms with Gasteiger partial charge in [-0.1, -0.05) is 28.1 Å². The Morgan fingerprint density at radius 2 is 1.87 bits per heavy atom. The van der Waals surface area contributed by atoms with Crippen LogP contribution in [0.15, 0.2) is 45.9 Å². The first-order valence-electron chi connectivity index (χ1n) is 7.84. The molecule has 0 atom stereocenters. The molecule has 0 aliphatic carbocycles. The maximum atomic E-state index is 4.24. The van der Waals surface area contributed by atoms with Gasteiger partial charge in [0.2, 0.25) is 0 Å². The normalized spacial score (nSPS) is 16.4. The quantitative estimate of drug-likeness (QED) is 0.777. The third-order valence-corrected chi connectivity index (χ3v) is 5.27. The monoisotopic (exact) mass is 392 g/mol. The van der Waals surface area contributed by atoms with E-state index in [2.05, 4.69) is 60.6 Å². The highest BCUT2D eigenvalue weighted by atomic mass is 79.9. The molecule has 0 spiro atoms. The van der Waals surface area contributed by atoms with Crippen LogP contribution in [-0.4, -0.2) is 40.5 Å². The summed E-state index contributed by atoms with van der Waals surface area (Å²) in [5.74, 6) is 0.883. The van der Waals surface area contributed by atoms with Crippen LogP contribution in [0.1, 0.15) is 18.4 Å². The van der Waals surface area contributed by atoms with E-state index in [-0.39, 0.29) is 0 Å².